The minimum absolute atomic E-state index is 0.0128. The molecule has 4 saturated heterocycles. The molecule has 4 nitrogen and oxygen atoms in total. The predicted octanol–water partition coefficient (Wildman–Crippen LogP) is 1.30. The van der Waals surface area contributed by atoms with Crippen LogP contribution in [-0.4, -0.2) is 71.9 Å². The smallest absolute Gasteiger partial charge is 0.0944 e. The molecule has 4 aliphatic rings. The molecule has 4 heterocycles. The molecule has 2 N–H and O–H groups in total. The van der Waals surface area contributed by atoms with Crippen molar-refractivity contribution in [1.82, 2.24) is 15.1 Å². The lowest BCUT2D eigenvalue weighted by atomic mass is 9.57. The molecule has 132 valence electrons. The van der Waals surface area contributed by atoms with Crippen LogP contribution in [0.2, 0.25) is 0 Å². The van der Waals surface area contributed by atoms with Crippen molar-refractivity contribution in [3.63, 3.8) is 0 Å². The van der Waals surface area contributed by atoms with Gasteiger partial charge in [0.2, 0.25) is 0 Å². The number of hydrogen-bond donors (Lipinski definition) is 2. The van der Waals surface area contributed by atoms with Crippen LogP contribution in [-0.2, 0) is 5.41 Å². The predicted molar refractivity (Wildman–Crippen MR) is 97.2 cm³/mol. The Balaban J connectivity index is 1.78. The van der Waals surface area contributed by atoms with E-state index in [-0.39, 0.29) is 11.0 Å². The van der Waals surface area contributed by atoms with Gasteiger partial charge in [0.05, 0.1) is 11.0 Å². The molecular weight excluding hydrogens is 298 g/mol. The van der Waals surface area contributed by atoms with E-state index in [1.807, 2.05) is 0 Å². The summed E-state index contributed by atoms with van der Waals surface area (Å²) in [5.74, 6) is 0.303. The summed E-state index contributed by atoms with van der Waals surface area (Å²) in [6.45, 7) is 13.4. The van der Waals surface area contributed by atoms with E-state index in [9.17, 15) is 5.11 Å². The molecule has 0 amide bonds. The largest absolute Gasteiger partial charge is 0.387 e. The number of benzene rings is 1. The molecule has 0 saturated carbocycles. The average Bonchev–Trinajstić information content (AvgIpc) is 2.80. The van der Waals surface area contributed by atoms with Gasteiger partial charge in [0.1, 0.15) is 0 Å². The van der Waals surface area contributed by atoms with Gasteiger partial charge in [-0.2, -0.15) is 0 Å². The maximum atomic E-state index is 12.1. The van der Waals surface area contributed by atoms with Crippen molar-refractivity contribution in [2.24, 2.45) is 5.92 Å². The van der Waals surface area contributed by atoms with Crippen LogP contribution in [0, 0.1) is 5.92 Å². The van der Waals surface area contributed by atoms with E-state index in [1.54, 1.807) is 0 Å². The number of β-amino-alcohol motifs (C(OH)–C–C–N with tert-alkyl or cyclic N) is 1. The van der Waals surface area contributed by atoms with Gasteiger partial charge in [-0.1, -0.05) is 30.3 Å². The van der Waals surface area contributed by atoms with Gasteiger partial charge in [-0.3, -0.25) is 0 Å². The maximum Gasteiger partial charge on any atom is 0.0944 e. The third kappa shape index (κ3) is 2.51. The zero-order valence-corrected chi connectivity index (χ0v) is 15.3. The molecule has 3 atom stereocenters. The third-order valence-electron chi connectivity index (χ3n) is 6.40. The highest BCUT2D eigenvalue weighted by Crippen LogP contribution is 2.49. The number of nitrogens with zero attached hydrogens (tertiary/aromatic N) is 2. The quantitative estimate of drug-likeness (QED) is 0.877. The van der Waals surface area contributed by atoms with Crippen LogP contribution in [0.1, 0.15) is 26.3 Å². The summed E-state index contributed by atoms with van der Waals surface area (Å²) in [5, 5.41) is 15.7. The van der Waals surface area contributed by atoms with Crippen LogP contribution >= 0.6 is 0 Å². The summed E-state index contributed by atoms with van der Waals surface area (Å²) in [6.07, 6.45) is 0. The molecule has 0 aliphatic carbocycles. The summed E-state index contributed by atoms with van der Waals surface area (Å²) in [6, 6.07) is 10.7. The van der Waals surface area contributed by atoms with E-state index in [2.05, 4.69) is 66.2 Å². The second kappa shape index (κ2) is 5.53. The molecule has 0 radical (unpaired) electrons. The zero-order valence-electron chi connectivity index (χ0n) is 15.3. The normalized spacial score (nSPS) is 41.4. The SMILES string of the molecule is CC(C)(C)NCC1(O)C2CN3CCN(C2)CC1(c1ccccc1)C3. The standard InChI is InChI=1S/C20H31N3O/c1-18(2,3)21-13-20(24)17-11-22-9-10-23(12-17)15-19(20,14-22)16-7-5-4-6-8-16/h4-8,17,21,24H,9-15H2,1-3H3. The summed E-state index contributed by atoms with van der Waals surface area (Å²) in [5.41, 5.74) is 0.409. The lowest BCUT2D eigenvalue weighted by molar-refractivity contribution is -0.160. The number of piperidine rings is 2. The van der Waals surface area contributed by atoms with Gasteiger partial charge in [-0.05, 0) is 26.3 Å². The Labute approximate surface area is 145 Å². The number of aliphatic hydroxyl groups is 1. The number of hydrogen-bond acceptors (Lipinski definition) is 4. The fraction of sp³-hybridized carbons (Fsp3) is 0.700. The molecule has 5 rings (SSSR count). The van der Waals surface area contributed by atoms with Crippen molar-refractivity contribution in [3.8, 4) is 0 Å². The molecule has 1 aromatic rings. The second-order valence-corrected chi connectivity index (χ2v) is 9.14. The van der Waals surface area contributed by atoms with E-state index < -0.39 is 5.60 Å². The van der Waals surface area contributed by atoms with Gasteiger partial charge in [0.15, 0.2) is 0 Å². The Morgan fingerprint density at radius 2 is 1.67 bits per heavy atom. The Morgan fingerprint density at radius 1 is 1.08 bits per heavy atom. The average molecular weight is 329 g/mol. The van der Waals surface area contributed by atoms with E-state index in [0.717, 1.165) is 39.3 Å². The Kier molecular flexibility index (Phi) is 3.81. The van der Waals surface area contributed by atoms with Crippen molar-refractivity contribution >= 4 is 0 Å². The number of rotatable bonds is 3. The Bertz CT molecular complexity index is 581. The van der Waals surface area contributed by atoms with Crippen molar-refractivity contribution in [2.75, 3.05) is 45.8 Å². The lowest BCUT2D eigenvalue weighted by Gasteiger charge is -2.61. The first kappa shape index (κ1) is 16.5. The Hall–Kier alpha value is -0.940. The van der Waals surface area contributed by atoms with E-state index in [1.165, 1.54) is 5.56 Å². The Morgan fingerprint density at radius 3 is 2.21 bits per heavy atom. The van der Waals surface area contributed by atoms with Crippen LogP contribution in [0.5, 0.6) is 0 Å². The van der Waals surface area contributed by atoms with Gasteiger partial charge < -0.3 is 20.2 Å². The zero-order chi connectivity index (χ0) is 17.0. The van der Waals surface area contributed by atoms with Crippen molar-refractivity contribution in [2.45, 2.75) is 37.3 Å². The summed E-state index contributed by atoms with van der Waals surface area (Å²) in [4.78, 5) is 5.16. The first-order valence-electron chi connectivity index (χ1n) is 9.30. The molecule has 3 unspecified atom stereocenters. The monoisotopic (exact) mass is 329 g/mol. The molecule has 4 heteroatoms. The van der Waals surface area contributed by atoms with Crippen LogP contribution in [0.25, 0.3) is 0 Å². The van der Waals surface area contributed by atoms with Gasteiger partial charge in [0, 0.05) is 57.3 Å². The van der Waals surface area contributed by atoms with E-state index in [4.69, 9.17) is 0 Å². The third-order valence-corrected chi connectivity index (χ3v) is 6.40. The molecule has 4 aliphatic heterocycles. The first-order chi connectivity index (χ1) is 11.3. The summed E-state index contributed by atoms with van der Waals surface area (Å²) < 4.78 is 0. The molecular formula is C20H31N3O. The highest BCUT2D eigenvalue weighted by molar-refractivity contribution is 5.36. The van der Waals surface area contributed by atoms with E-state index in [0.29, 0.717) is 12.5 Å². The fourth-order valence-electron chi connectivity index (χ4n) is 5.12. The second-order valence-electron chi connectivity index (χ2n) is 9.14. The summed E-state index contributed by atoms with van der Waals surface area (Å²) in [7, 11) is 0. The van der Waals surface area contributed by atoms with E-state index >= 15 is 0 Å². The summed E-state index contributed by atoms with van der Waals surface area (Å²) >= 11 is 0. The van der Waals surface area contributed by atoms with Crippen molar-refractivity contribution < 1.29 is 5.11 Å². The highest BCUT2D eigenvalue weighted by Gasteiger charge is 2.63. The molecule has 4 bridgehead atoms. The first-order valence-corrected chi connectivity index (χ1v) is 9.30. The van der Waals surface area contributed by atoms with Crippen LogP contribution in [0.4, 0.5) is 0 Å². The van der Waals surface area contributed by atoms with Gasteiger partial charge >= 0.3 is 0 Å². The lowest BCUT2D eigenvalue weighted by Crippen LogP contribution is -2.76. The highest BCUT2D eigenvalue weighted by atomic mass is 16.3. The van der Waals surface area contributed by atoms with Crippen LogP contribution in [0.3, 0.4) is 0 Å². The number of nitrogens with one attached hydrogen (secondary N) is 1. The molecule has 0 aromatic heterocycles. The van der Waals surface area contributed by atoms with Crippen molar-refractivity contribution in [3.05, 3.63) is 35.9 Å². The van der Waals surface area contributed by atoms with Crippen molar-refractivity contribution in [1.29, 1.82) is 0 Å². The molecule has 4 fully saturated rings. The molecule has 24 heavy (non-hydrogen) atoms. The van der Waals surface area contributed by atoms with Gasteiger partial charge in [-0.15, -0.1) is 0 Å². The number of fused-ring (bicyclic) bond motifs is 1. The molecule has 1 aromatic carbocycles. The van der Waals surface area contributed by atoms with Gasteiger partial charge in [0.25, 0.3) is 0 Å². The topological polar surface area (TPSA) is 38.7 Å². The van der Waals surface area contributed by atoms with Gasteiger partial charge in [-0.25, -0.2) is 0 Å². The fourth-order valence-corrected chi connectivity index (χ4v) is 5.12. The van der Waals surface area contributed by atoms with Crippen LogP contribution < -0.4 is 5.32 Å². The minimum atomic E-state index is -0.695. The molecule has 0 spiro atoms. The maximum absolute atomic E-state index is 12.1. The van der Waals surface area contributed by atoms with Crippen LogP contribution in [0.15, 0.2) is 30.3 Å². The minimum Gasteiger partial charge on any atom is -0.387 e.